The molecule has 140 valence electrons. The quantitative estimate of drug-likeness (QED) is 0.469. The van der Waals surface area contributed by atoms with E-state index in [0.717, 1.165) is 33.5 Å². The van der Waals surface area contributed by atoms with E-state index in [1.54, 1.807) is 12.1 Å². The van der Waals surface area contributed by atoms with Crippen LogP contribution >= 0.6 is 0 Å². The second-order valence-electron chi connectivity index (χ2n) is 6.84. The van der Waals surface area contributed by atoms with Gasteiger partial charge in [-0.15, -0.1) is 0 Å². The van der Waals surface area contributed by atoms with Crippen LogP contribution in [0.5, 0.6) is 0 Å². The van der Waals surface area contributed by atoms with Gasteiger partial charge >= 0.3 is 0 Å². The fourth-order valence-corrected chi connectivity index (χ4v) is 3.05. The minimum absolute atomic E-state index is 0.240. The number of nitrogens with zero attached hydrogens (tertiary/aromatic N) is 2. The van der Waals surface area contributed by atoms with Crippen molar-refractivity contribution in [3.8, 4) is 0 Å². The van der Waals surface area contributed by atoms with Gasteiger partial charge in [-0.25, -0.2) is 9.37 Å². The van der Waals surface area contributed by atoms with Crippen molar-refractivity contribution in [3.05, 3.63) is 89.2 Å². The third kappa shape index (κ3) is 3.93. The summed E-state index contributed by atoms with van der Waals surface area (Å²) in [5.41, 5.74) is 5.12. The summed E-state index contributed by atoms with van der Waals surface area (Å²) >= 11 is 0. The molecule has 0 aliphatic heterocycles. The highest BCUT2D eigenvalue weighted by Gasteiger charge is 2.09. The second-order valence-corrected chi connectivity index (χ2v) is 6.84. The molecule has 0 atom stereocenters. The molecule has 2 N–H and O–H groups in total. The van der Waals surface area contributed by atoms with Crippen LogP contribution in [0.25, 0.3) is 10.9 Å². The van der Waals surface area contributed by atoms with Gasteiger partial charge in [-0.05, 0) is 60.9 Å². The molecule has 4 nitrogen and oxygen atoms in total. The molecular weight excluding hydrogens is 351 g/mol. The number of para-hydroxylation sites is 1. The molecule has 3 aromatic carbocycles. The van der Waals surface area contributed by atoms with Crippen LogP contribution in [0.15, 0.2) is 66.7 Å². The van der Waals surface area contributed by atoms with Crippen LogP contribution in [-0.4, -0.2) is 9.97 Å². The molecule has 4 rings (SSSR count). The lowest BCUT2D eigenvalue weighted by Crippen LogP contribution is -2.06. The fourth-order valence-electron chi connectivity index (χ4n) is 3.05. The molecule has 0 fully saturated rings. The SMILES string of the molecule is Cc1ccc(C)c(Nc2nc(NCc3ccc(F)cc3)c3ccccc3n2)c1. The predicted octanol–water partition coefficient (Wildman–Crippen LogP) is 5.74. The van der Waals surface area contributed by atoms with Gasteiger partial charge in [0.1, 0.15) is 11.6 Å². The largest absolute Gasteiger partial charge is 0.365 e. The van der Waals surface area contributed by atoms with Crippen LogP contribution in [0.2, 0.25) is 0 Å². The van der Waals surface area contributed by atoms with Gasteiger partial charge in [-0.1, -0.05) is 36.4 Å². The Morgan fingerprint density at radius 1 is 0.893 bits per heavy atom. The molecule has 0 saturated carbocycles. The maximum absolute atomic E-state index is 13.1. The van der Waals surface area contributed by atoms with Gasteiger partial charge in [0.15, 0.2) is 0 Å². The maximum atomic E-state index is 13.1. The molecule has 1 heterocycles. The highest BCUT2D eigenvalue weighted by Crippen LogP contribution is 2.25. The Balaban J connectivity index is 1.66. The molecule has 0 aliphatic rings. The third-order valence-electron chi connectivity index (χ3n) is 4.62. The van der Waals surface area contributed by atoms with E-state index in [-0.39, 0.29) is 5.82 Å². The van der Waals surface area contributed by atoms with E-state index < -0.39 is 0 Å². The maximum Gasteiger partial charge on any atom is 0.229 e. The van der Waals surface area contributed by atoms with E-state index in [1.807, 2.05) is 24.3 Å². The van der Waals surface area contributed by atoms with Crippen molar-refractivity contribution in [2.75, 3.05) is 10.6 Å². The van der Waals surface area contributed by atoms with Gasteiger partial charge in [-0.2, -0.15) is 4.98 Å². The summed E-state index contributed by atoms with van der Waals surface area (Å²) in [7, 11) is 0. The van der Waals surface area contributed by atoms with Crippen molar-refractivity contribution < 1.29 is 4.39 Å². The lowest BCUT2D eigenvalue weighted by molar-refractivity contribution is 0.627. The van der Waals surface area contributed by atoms with E-state index in [0.29, 0.717) is 12.5 Å². The zero-order valence-corrected chi connectivity index (χ0v) is 15.8. The highest BCUT2D eigenvalue weighted by molar-refractivity contribution is 5.90. The first kappa shape index (κ1) is 17.9. The molecule has 1 aromatic heterocycles. The van der Waals surface area contributed by atoms with E-state index >= 15 is 0 Å². The lowest BCUT2D eigenvalue weighted by Gasteiger charge is -2.13. The minimum atomic E-state index is -0.240. The highest BCUT2D eigenvalue weighted by atomic mass is 19.1. The fraction of sp³-hybridized carbons (Fsp3) is 0.130. The lowest BCUT2D eigenvalue weighted by atomic mass is 10.1. The van der Waals surface area contributed by atoms with Crippen molar-refractivity contribution in [1.29, 1.82) is 0 Å². The van der Waals surface area contributed by atoms with E-state index in [1.165, 1.54) is 17.7 Å². The average molecular weight is 372 g/mol. The number of hydrogen-bond donors (Lipinski definition) is 2. The average Bonchev–Trinajstić information content (AvgIpc) is 2.70. The Morgan fingerprint density at radius 2 is 1.68 bits per heavy atom. The van der Waals surface area contributed by atoms with Crippen molar-refractivity contribution in [1.82, 2.24) is 9.97 Å². The normalized spacial score (nSPS) is 10.8. The Kier molecular flexibility index (Phi) is 4.89. The minimum Gasteiger partial charge on any atom is -0.365 e. The smallest absolute Gasteiger partial charge is 0.229 e. The topological polar surface area (TPSA) is 49.8 Å². The first-order chi connectivity index (χ1) is 13.6. The number of anilines is 3. The Hall–Kier alpha value is -3.47. The third-order valence-corrected chi connectivity index (χ3v) is 4.62. The number of rotatable bonds is 5. The van der Waals surface area contributed by atoms with Crippen LogP contribution in [0.1, 0.15) is 16.7 Å². The molecule has 0 aliphatic carbocycles. The van der Waals surface area contributed by atoms with E-state index in [4.69, 9.17) is 4.98 Å². The Labute approximate surface area is 163 Å². The molecule has 4 aromatic rings. The number of nitrogens with one attached hydrogen (secondary N) is 2. The predicted molar refractivity (Wildman–Crippen MR) is 112 cm³/mol. The van der Waals surface area contributed by atoms with Crippen molar-refractivity contribution in [2.45, 2.75) is 20.4 Å². The van der Waals surface area contributed by atoms with E-state index in [9.17, 15) is 4.39 Å². The van der Waals surface area contributed by atoms with E-state index in [2.05, 4.69) is 47.7 Å². The standard InChI is InChI=1S/C23H21FN4/c1-15-7-8-16(2)21(13-15)27-23-26-20-6-4-3-5-19(20)22(28-23)25-14-17-9-11-18(24)12-10-17/h3-13H,14H2,1-2H3,(H2,25,26,27,28). The summed E-state index contributed by atoms with van der Waals surface area (Å²) in [5, 5.41) is 7.64. The van der Waals surface area contributed by atoms with Crippen LogP contribution in [0, 0.1) is 19.7 Å². The van der Waals surface area contributed by atoms with Gasteiger partial charge in [0.2, 0.25) is 5.95 Å². The van der Waals surface area contributed by atoms with Crippen LogP contribution in [0.3, 0.4) is 0 Å². The molecule has 28 heavy (non-hydrogen) atoms. The summed E-state index contributed by atoms with van der Waals surface area (Å²) in [6.45, 7) is 4.66. The molecular formula is C23H21FN4. The molecule has 0 bridgehead atoms. The first-order valence-electron chi connectivity index (χ1n) is 9.18. The summed E-state index contributed by atoms with van der Waals surface area (Å²) < 4.78 is 13.1. The van der Waals surface area contributed by atoms with Gasteiger partial charge in [0.25, 0.3) is 0 Å². The molecule has 0 unspecified atom stereocenters. The number of benzene rings is 3. The van der Waals surface area contributed by atoms with Crippen molar-refractivity contribution in [3.63, 3.8) is 0 Å². The number of hydrogen-bond acceptors (Lipinski definition) is 4. The molecule has 0 spiro atoms. The second kappa shape index (κ2) is 7.64. The number of fused-ring (bicyclic) bond motifs is 1. The van der Waals surface area contributed by atoms with Gasteiger partial charge < -0.3 is 10.6 Å². The monoisotopic (exact) mass is 372 g/mol. The van der Waals surface area contributed by atoms with Gasteiger partial charge in [0, 0.05) is 17.6 Å². The number of aromatic nitrogens is 2. The van der Waals surface area contributed by atoms with Crippen LogP contribution in [0.4, 0.5) is 21.8 Å². The Morgan fingerprint density at radius 3 is 2.50 bits per heavy atom. The number of halogens is 1. The van der Waals surface area contributed by atoms with Gasteiger partial charge in [-0.3, -0.25) is 0 Å². The molecule has 0 saturated heterocycles. The summed E-state index contributed by atoms with van der Waals surface area (Å²) in [6, 6.07) is 20.6. The van der Waals surface area contributed by atoms with Gasteiger partial charge in [0.05, 0.1) is 5.52 Å². The zero-order valence-electron chi connectivity index (χ0n) is 15.8. The molecule has 0 radical (unpaired) electrons. The molecule has 5 heteroatoms. The van der Waals surface area contributed by atoms with Crippen LogP contribution < -0.4 is 10.6 Å². The van der Waals surface area contributed by atoms with Crippen LogP contribution in [-0.2, 0) is 6.54 Å². The van der Waals surface area contributed by atoms with Crippen molar-refractivity contribution >= 4 is 28.4 Å². The molecule has 0 amide bonds. The first-order valence-corrected chi connectivity index (χ1v) is 9.18. The summed E-state index contributed by atoms with van der Waals surface area (Å²) in [5.74, 6) is 1.04. The zero-order chi connectivity index (χ0) is 19.5. The summed E-state index contributed by atoms with van der Waals surface area (Å²) in [4.78, 5) is 9.35. The summed E-state index contributed by atoms with van der Waals surface area (Å²) in [6.07, 6.45) is 0. The number of aryl methyl sites for hydroxylation is 2. The van der Waals surface area contributed by atoms with Crippen molar-refractivity contribution in [2.24, 2.45) is 0 Å². The Bertz CT molecular complexity index is 1120.